The van der Waals surface area contributed by atoms with Gasteiger partial charge in [-0.2, -0.15) is 0 Å². The molecule has 0 aromatic heterocycles. The van der Waals surface area contributed by atoms with Crippen LogP contribution in [0.15, 0.2) is 0 Å². The molecule has 5 heteroatoms. The maximum Gasteiger partial charge on any atom is 0.309 e. The minimum absolute atomic E-state index is 0.0519. The van der Waals surface area contributed by atoms with Gasteiger partial charge in [0.1, 0.15) is 5.38 Å². The number of nitrogens with zero attached hydrogens (tertiary/aromatic N) is 1. The molecule has 0 bridgehead atoms. The van der Waals surface area contributed by atoms with Crippen LogP contribution in [0.25, 0.3) is 0 Å². The Balaban J connectivity index is 2.39. The molecule has 1 heterocycles. The van der Waals surface area contributed by atoms with Gasteiger partial charge in [-0.15, -0.1) is 11.6 Å². The molecule has 0 aromatic carbocycles. The first kappa shape index (κ1) is 13.3. The third kappa shape index (κ3) is 3.37. The van der Waals surface area contributed by atoms with E-state index in [2.05, 4.69) is 0 Å². The molecule has 0 radical (unpaired) electrons. The fourth-order valence-electron chi connectivity index (χ4n) is 1.85. The summed E-state index contributed by atoms with van der Waals surface area (Å²) in [6.45, 7) is 5.07. The van der Waals surface area contributed by atoms with Crippen LogP contribution in [0.4, 0.5) is 0 Å². The topological polar surface area (TPSA) is 46.6 Å². The van der Waals surface area contributed by atoms with Crippen LogP contribution in [0.2, 0.25) is 0 Å². The minimum Gasteiger partial charge on any atom is -0.466 e. The Morgan fingerprint density at radius 2 is 2.00 bits per heavy atom. The van der Waals surface area contributed by atoms with E-state index >= 15 is 0 Å². The van der Waals surface area contributed by atoms with Crippen LogP contribution in [0.5, 0.6) is 0 Å². The molecule has 1 saturated heterocycles. The molecule has 4 nitrogen and oxygen atoms in total. The van der Waals surface area contributed by atoms with Gasteiger partial charge < -0.3 is 9.64 Å². The van der Waals surface area contributed by atoms with Crippen molar-refractivity contribution in [3.63, 3.8) is 0 Å². The summed E-state index contributed by atoms with van der Waals surface area (Å²) in [5, 5.41) is -0.487. The van der Waals surface area contributed by atoms with Gasteiger partial charge in [0.2, 0.25) is 5.91 Å². The summed E-state index contributed by atoms with van der Waals surface area (Å²) < 4.78 is 4.96. The number of alkyl halides is 1. The molecule has 92 valence electrons. The molecule has 0 unspecified atom stereocenters. The van der Waals surface area contributed by atoms with E-state index in [1.54, 1.807) is 18.7 Å². The van der Waals surface area contributed by atoms with Gasteiger partial charge in [-0.3, -0.25) is 9.59 Å². The highest BCUT2D eigenvalue weighted by molar-refractivity contribution is 6.30. The fourth-order valence-corrected chi connectivity index (χ4v) is 1.99. The molecular formula is C11H18ClNO3. The van der Waals surface area contributed by atoms with Gasteiger partial charge in [0, 0.05) is 13.1 Å². The second-order valence-corrected chi connectivity index (χ2v) is 4.62. The van der Waals surface area contributed by atoms with Crippen LogP contribution in [-0.4, -0.2) is 41.8 Å². The number of carbonyl (C=O) groups is 2. The van der Waals surface area contributed by atoms with Gasteiger partial charge in [0.25, 0.3) is 0 Å². The Kier molecular flexibility index (Phi) is 5.06. The standard InChI is InChI=1S/C11H18ClNO3/c1-3-16-11(15)9-4-6-13(7-5-9)10(14)8(2)12/h8-9H,3-7H2,1-2H3/t8-/m0/s1. The summed E-state index contributed by atoms with van der Waals surface area (Å²) in [6.07, 6.45) is 1.35. The lowest BCUT2D eigenvalue weighted by atomic mass is 9.97. The highest BCUT2D eigenvalue weighted by Gasteiger charge is 2.29. The first-order valence-electron chi connectivity index (χ1n) is 5.65. The molecule has 1 fully saturated rings. The highest BCUT2D eigenvalue weighted by atomic mass is 35.5. The summed E-state index contributed by atoms with van der Waals surface area (Å²) in [5.74, 6) is -0.257. The average molecular weight is 248 g/mol. The summed E-state index contributed by atoms with van der Waals surface area (Å²) in [5.41, 5.74) is 0. The molecule has 1 aliphatic rings. The van der Waals surface area contributed by atoms with Crippen LogP contribution in [0.1, 0.15) is 26.7 Å². The third-order valence-electron chi connectivity index (χ3n) is 2.77. The summed E-state index contributed by atoms with van der Waals surface area (Å²) in [6, 6.07) is 0. The predicted molar refractivity (Wildman–Crippen MR) is 61.3 cm³/mol. The number of carbonyl (C=O) groups excluding carboxylic acids is 2. The number of hydrogen-bond donors (Lipinski definition) is 0. The third-order valence-corrected chi connectivity index (χ3v) is 2.95. The maximum absolute atomic E-state index is 11.6. The number of piperidine rings is 1. The Morgan fingerprint density at radius 3 is 2.44 bits per heavy atom. The van der Waals surface area contributed by atoms with E-state index in [4.69, 9.17) is 16.3 Å². The summed E-state index contributed by atoms with van der Waals surface area (Å²) >= 11 is 5.73. The van der Waals surface area contributed by atoms with Crippen molar-refractivity contribution in [1.82, 2.24) is 4.90 Å². The lowest BCUT2D eigenvalue weighted by Crippen LogP contribution is -2.43. The number of esters is 1. The Labute approximate surface area is 101 Å². The molecule has 0 saturated carbocycles. The number of ether oxygens (including phenoxy) is 1. The average Bonchev–Trinajstić information content (AvgIpc) is 2.28. The van der Waals surface area contributed by atoms with Gasteiger partial charge in [-0.1, -0.05) is 0 Å². The highest BCUT2D eigenvalue weighted by Crippen LogP contribution is 2.19. The van der Waals surface area contributed by atoms with Crippen molar-refractivity contribution in [2.45, 2.75) is 32.1 Å². The van der Waals surface area contributed by atoms with Crippen molar-refractivity contribution in [3.05, 3.63) is 0 Å². The van der Waals surface area contributed by atoms with Crippen molar-refractivity contribution in [2.75, 3.05) is 19.7 Å². The van der Waals surface area contributed by atoms with Crippen molar-refractivity contribution < 1.29 is 14.3 Å². The molecule has 1 atom stereocenters. The second kappa shape index (κ2) is 6.09. The van der Waals surface area contributed by atoms with Gasteiger partial charge >= 0.3 is 5.97 Å². The molecule has 0 aliphatic carbocycles. The van der Waals surface area contributed by atoms with Crippen molar-refractivity contribution in [3.8, 4) is 0 Å². The predicted octanol–water partition coefficient (Wildman–Crippen LogP) is 1.42. The first-order chi connectivity index (χ1) is 7.56. The van der Waals surface area contributed by atoms with Crippen molar-refractivity contribution in [2.24, 2.45) is 5.92 Å². The quantitative estimate of drug-likeness (QED) is 0.560. The van der Waals surface area contributed by atoms with Gasteiger partial charge in [0.15, 0.2) is 0 Å². The van der Waals surface area contributed by atoms with Crippen LogP contribution in [0, 0.1) is 5.92 Å². The van der Waals surface area contributed by atoms with Crippen LogP contribution in [0.3, 0.4) is 0 Å². The number of halogens is 1. The van der Waals surface area contributed by atoms with E-state index in [-0.39, 0.29) is 17.8 Å². The Hall–Kier alpha value is -0.770. The van der Waals surface area contributed by atoms with E-state index in [1.165, 1.54) is 0 Å². The lowest BCUT2D eigenvalue weighted by molar-refractivity contribution is -0.151. The molecule has 16 heavy (non-hydrogen) atoms. The monoisotopic (exact) mass is 247 g/mol. The van der Waals surface area contributed by atoms with E-state index in [0.717, 1.165) is 0 Å². The number of hydrogen-bond acceptors (Lipinski definition) is 3. The SMILES string of the molecule is CCOC(=O)C1CCN(C(=O)[C@H](C)Cl)CC1. The van der Waals surface area contributed by atoms with Gasteiger partial charge in [-0.25, -0.2) is 0 Å². The summed E-state index contributed by atoms with van der Waals surface area (Å²) in [7, 11) is 0. The zero-order valence-corrected chi connectivity index (χ0v) is 10.5. The normalized spacial score (nSPS) is 19.3. The van der Waals surface area contributed by atoms with E-state index in [0.29, 0.717) is 32.5 Å². The number of likely N-dealkylation sites (tertiary alicyclic amines) is 1. The molecule has 0 aromatic rings. The minimum atomic E-state index is -0.487. The van der Waals surface area contributed by atoms with Crippen molar-refractivity contribution in [1.29, 1.82) is 0 Å². The Morgan fingerprint density at radius 1 is 1.44 bits per heavy atom. The lowest BCUT2D eigenvalue weighted by Gasteiger charge is -2.31. The van der Waals surface area contributed by atoms with Crippen LogP contribution in [-0.2, 0) is 14.3 Å². The molecular weight excluding hydrogens is 230 g/mol. The molecule has 1 aliphatic heterocycles. The molecule has 1 amide bonds. The van der Waals surface area contributed by atoms with E-state index in [9.17, 15) is 9.59 Å². The molecule has 0 N–H and O–H groups in total. The van der Waals surface area contributed by atoms with Crippen LogP contribution < -0.4 is 0 Å². The van der Waals surface area contributed by atoms with E-state index < -0.39 is 5.38 Å². The van der Waals surface area contributed by atoms with E-state index in [1.807, 2.05) is 0 Å². The van der Waals surface area contributed by atoms with Crippen molar-refractivity contribution >= 4 is 23.5 Å². The zero-order valence-electron chi connectivity index (χ0n) is 9.74. The second-order valence-electron chi connectivity index (χ2n) is 3.97. The Bertz CT molecular complexity index is 260. The fraction of sp³-hybridized carbons (Fsp3) is 0.818. The number of amides is 1. The smallest absolute Gasteiger partial charge is 0.309 e. The largest absolute Gasteiger partial charge is 0.466 e. The number of rotatable bonds is 3. The van der Waals surface area contributed by atoms with Gasteiger partial charge in [-0.05, 0) is 26.7 Å². The summed E-state index contributed by atoms with van der Waals surface area (Å²) in [4.78, 5) is 24.8. The zero-order chi connectivity index (χ0) is 12.1. The van der Waals surface area contributed by atoms with Crippen LogP contribution >= 0.6 is 11.6 Å². The maximum atomic E-state index is 11.6. The molecule has 1 rings (SSSR count). The molecule has 0 spiro atoms. The van der Waals surface area contributed by atoms with Gasteiger partial charge in [0.05, 0.1) is 12.5 Å². The first-order valence-corrected chi connectivity index (χ1v) is 6.09.